The van der Waals surface area contributed by atoms with Crippen molar-refractivity contribution in [2.24, 2.45) is 0 Å². The van der Waals surface area contributed by atoms with Gasteiger partial charge in [0.05, 0.1) is 0 Å². The molecule has 5 heteroatoms. The maximum absolute atomic E-state index is 11.6. The Balaban J connectivity index is 1.83. The predicted molar refractivity (Wildman–Crippen MR) is 78.8 cm³/mol. The van der Waals surface area contributed by atoms with Gasteiger partial charge in [-0.2, -0.15) is 0 Å². The summed E-state index contributed by atoms with van der Waals surface area (Å²) < 4.78 is 1.14. The molecular weight excluding hydrogens is 312 g/mol. The van der Waals surface area contributed by atoms with E-state index in [1.54, 1.807) is 11.3 Å². The van der Waals surface area contributed by atoms with E-state index in [2.05, 4.69) is 46.5 Å². The van der Waals surface area contributed by atoms with Crippen molar-refractivity contribution in [3.05, 3.63) is 20.8 Å². The fourth-order valence-electron chi connectivity index (χ4n) is 2.34. The summed E-state index contributed by atoms with van der Waals surface area (Å²) in [5.41, 5.74) is 0. The summed E-state index contributed by atoms with van der Waals surface area (Å²) in [5.74, 6) is 0.301. The van der Waals surface area contributed by atoms with E-state index >= 15 is 0 Å². The van der Waals surface area contributed by atoms with E-state index in [4.69, 9.17) is 0 Å². The largest absolute Gasteiger partial charge is 0.341 e. The molecule has 0 spiro atoms. The highest BCUT2D eigenvalue weighted by atomic mass is 79.9. The van der Waals surface area contributed by atoms with Crippen LogP contribution in [0.4, 0.5) is 0 Å². The summed E-state index contributed by atoms with van der Waals surface area (Å²) in [7, 11) is 0. The Morgan fingerprint density at radius 1 is 1.56 bits per heavy atom. The third-order valence-electron chi connectivity index (χ3n) is 3.21. The summed E-state index contributed by atoms with van der Waals surface area (Å²) in [4.78, 5) is 14.9. The molecule has 1 aromatic heterocycles. The van der Waals surface area contributed by atoms with Gasteiger partial charge >= 0.3 is 0 Å². The Labute approximate surface area is 121 Å². The van der Waals surface area contributed by atoms with E-state index in [-0.39, 0.29) is 0 Å². The lowest BCUT2D eigenvalue weighted by molar-refractivity contribution is -0.127. The molecule has 0 saturated carbocycles. The van der Waals surface area contributed by atoms with Crippen LogP contribution in [0.1, 0.15) is 37.6 Å². The van der Waals surface area contributed by atoms with Crippen molar-refractivity contribution in [3.63, 3.8) is 0 Å². The molecule has 0 bridgehead atoms. The molecule has 0 aromatic carbocycles. The minimum Gasteiger partial charge on any atom is -0.341 e. The lowest BCUT2D eigenvalue weighted by Gasteiger charge is -2.24. The van der Waals surface area contributed by atoms with Gasteiger partial charge < -0.3 is 10.2 Å². The molecule has 1 aliphatic heterocycles. The standard InChI is InChI=1S/C13H19BrN2OS/c1-9(7-16-5-3-4-13(16)17)15-10(2)12-6-11(14)8-18-12/h6,8-10,15H,3-5,7H2,1-2H3. The molecule has 2 atom stereocenters. The zero-order chi connectivity index (χ0) is 13.1. The summed E-state index contributed by atoms with van der Waals surface area (Å²) in [5, 5.41) is 5.65. The SMILES string of the molecule is CC(CN1CCCC1=O)NC(C)c1cc(Br)cs1. The predicted octanol–water partition coefficient (Wildman–Crippen LogP) is 3.17. The molecule has 1 amide bonds. The monoisotopic (exact) mass is 330 g/mol. The summed E-state index contributed by atoms with van der Waals surface area (Å²) >= 11 is 5.23. The van der Waals surface area contributed by atoms with Gasteiger partial charge in [0, 0.05) is 46.3 Å². The average Bonchev–Trinajstić information content (AvgIpc) is 2.89. The van der Waals surface area contributed by atoms with Crippen molar-refractivity contribution in [2.45, 2.75) is 38.8 Å². The highest BCUT2D eigenvalue weighted by molar-refractivity contribution is 9.10. The number of thiophene rings is 1. The van der Waals surface area contributed by atoms with Crippen LogP contribution in [0.2, 0.25) is 0 Å². The maximum atomic E-state index is 11.6. The molecule has 1 N–H and O–H groups in total. The van der Waals surface area contributed by atoms with Crippen LogP contribution in [-0.4, -0.2) is 29.9 Å². The van der Waals surface area contributed by atoms with Gasteiger partial charge in [-0.3, -0.25) is 4.79 Å². The van der Waals surface area contributed by atoms with Crippen molar-refractivity contribution < 1.29 is 4.79 Å². The number of carbonyl (C=O) groups excluding carboxylic acids is 1. The van der Waals surface area contributed by atoms with E-state index in [0.29, 0.717) is 18.0 Å². The first-order valence-electron chi connectivity index (χ1n) is 6.34. The zero-order valence-corrected chi connectivity index (χ0v) is 13.2. The van der Waals surface area contributed by atoms with Crippen molar-refractivity contribution in [2.75, 3.05) is 13.1 Å². The molecule has 1 aromatic rings. The first kappa shape index (κ1) is 14.0. The molecule has 0 radical (unpaired) electrons. The van der Waals surface area contributed by atoms with Gasteiger partial charge in [0.2, 0.25) is 5.91 Å². The van der Waals surface area contributed by atoms with Gasteiger partial charge in [0.15, 0.2) is 0 Å². The molecule has 0 aliphatic carbocycles. The lowest BCUT2D eigenvalue weighted by Crippen LogP contribution is -2.40. The van der Waals surface area contributed by atoms with Crippen LogP contribution >= 0.6 is 27.3 Å². The second-order valence-corrected chi connectivity index (χ2v) is 6.76. The van der Waals surface area contributed by atoms with E-state index in [9.17, 15) is 4.79 Å². The zero-order valence-electron chi connectivity index (χ0n) is 10.8. The highest BCUT2D eigenvalue weighted by Gasteiger charge is 2.22. The number of halogens is 1. The van der Waals surface area contributed by atoms with Gasteiger partial charge in [-0.05, 0) is 42.3 Å². The van der Waals surface area contributed by atoms with Crippen LogP contribution in [0.15, 0.2) is 15.9 Å². The second-order valence-electron chi connectivity index (χ2n) is 4.90. The number of hydrogen-bond acceptors (Lipinski definition) is 3. The molecular formula is C13H19BrN2OS. The lowest BCUT2D eigenvalue weighted by atomic mass is 10.2. The fourth-order valence-corrected chi connectivity index (χ4v) is 3.81. The number of carbonyl (C=O) groups is 1. The summed E-state index contributed by atoms with van der Waals surface area (Å²) in [6.45, 7) is 6.05. The molecule has 1 fully saturated rings. The Bertz CT molecular complexity index is 421. The van der Waals surface area contributed by atoms with Gasteiger partial charge in [-0.15, -0.1) is 11.3 Å². The molecule has 2 rings (SSSR count). The van der Waals surface area contributed by atoms with E-state index in [1.165, 1.54) is 4.88 Å². The minimum atomic E-state index is 0.301. The molecule has 3 nitrogen and oxygen atoms in total. The number of nitrogens with one attached hydrogen (secondary N) is 1. The molecule has 100 valence electrons. The van der Waals surface area contributed by atoms with E-state index in [0.717, 1.165) is 30.4 Å². The van der Waals surface area contributed by atoms with Crippen molar-refractivity contribution in [1.82, 2.24) is 10.2 Å². The Morgan fingerprint density at radius 3 is 2.89 bits per heavy atom. The normalized spacial score (nSPS) is 19.3. The molecule has 2 unspecified atom stereocenters. The van der Waals surface area contributed by atoms with Crippen LogP contribution < -0.4 is 5.32 Å². The van der Waals surface area contributed by atoms with Crippen LogP contribution in [0.5, 0.6) is 0 Å². The van der Waals surface area contributed by atoms with Crippen molar-refractivity contribution in [3.8, 4) is 0 Å². The quantitative estimate of drug-likeness (QED) is 0.899. The Kier molecular flexibility index (Phi) is 4.81. The third kappa shape index (κ3) is 3.56. The smallest absolute Gasteiger partial charge is 0.222 e. The first-order valence-corrected chi connectivity index (χ1v) is 8.01. The van der Waals surface area contributed by atoms with Gasteiger partial charge in [0.1, 0.15) is 0 Å². The average molecular weight is 331 g/mol. The Hall–Kier alpha value is -0.390. The Morgan fingerprint density at radius 2 is 2.33 bits per heavy atom. The van der Waals surface area contributed by atoms with Gasteiger partial charge in [-0.1, -0.05) is 0 Å². The fraction of sp³-hybridized carbons (Fsp3) is 0.615. The topological polar surface area (TPSA) is 32.3 Å². The molecule has 2 heterocycles. The number of rotatable bonds is 5. The number of amides is 1. The molecule has 1 saturated heterocycles. The first-order chi connectivity index (χ1) is 8.56. The van der Waals surface area contributed by atoms with E-state index in [1.807, 2.05) is 4.90 Å². The van der Waals surface area contributed by atoms with E-state index < -0.39 is 0 Å². The second kappa shape index (κ2) is 6.17. The summed E-state index contributed by atoms with van der Waals surface area (Å²) in [6, 6.07) is 2.80. The van der Waals surface area contributed by atoms with Crippen LogP contribution in [-0.2, 0) is 4.79 Å². The number of likely N-dealkylation sites (tertiary alicyclic amines) is 1. The minimum absolute atomic E-state index is 0.301. The van der Waals surface area contributed by atoms with Crippen LogP contribution in [0.25, 0.3) is 0 Å². The molecule has 1 aliphatic rings. The highest BCUT2D eigenvalue weighted by Crippen LogP contribution is 2.25. The van der Waals surface area contributed by atoms with Crippen molar-refractivity contribution in [1.29, 1.82) is 0 Å². The number of nitrogens with zero attached hydrogens (tertiary/aromatic N) is 1. The maximum Gasteiger partial charge on any atom is 0.222 e. The van der Waals surface area contributed by atoms with Gasteiger partial charge in [0.25, 0.3) is 0 Å². The third-order valence-corrected chi connectivity index (χ3v) is 5.09. The van der Waals surface area contributed by atoms with Gasteiger partial charge in [-0.25, -0.2) is 0 Å². The van der Waals surface area contributed by atoms with Crippen LogP contribution in [0, 0.1) is 0 Å². The number of hydrogen-bond donors (Lipinski definition) is 1. The van der Waals surface area contributed by atoms with Crippen molar-refractivity contribution >= 4 is 33.2 Å². The van der Waals surface area contributed by atoms with Crippen LogP contribution in [0.3, 0.4) is 0 Å². The molecule has 18 heavy (non-hydrogen) atoms. The summed E-state index contributed by atoms with van der Waals surface area (Å²) in [6.07, 6.45) is 1.74.